The second-order valence-electron chi connectivity index (χ2n) is 9.56. The molecule has 0 saturated carbocycles. The van der Waals surface area contributed by atoms with Gasteiger partial charge in [-0.2, -0.15) is 0 Å². The van der Waals surface area contributed by atoms with Crippen molar-refractivity contribution in [1.82, 2.24) is 10.1 Å². The van der Waals surface area contributed by atoms with Gasteiger partial charge in [0, 0.05) is 31.7 Å². The van der Waals surface area contributed by atoms with E-state index in [9.17, 15) is 19.1 Å². The third-order valence-electron chi connectivity index (χ3n) is 6.01. The molecule has 0 saturated heterocycles. The quantitative estimate of drug-likeness (QED) is 0.336. The summed E-state index contributed by atoms with van der Waals surface area (Å²) in [5.41, 5.74) is 1.40. The molecular formula is C27H31ClFN3O5. The fraction of sp³-hybridized carbons (Fsp3) is 0.370. The number of likely N-dealkylation sites (N-methyl/N-ethyl adjacent to an activating group) is 1. The standard InChI is InChI=1S/C27H31ClFN3O5/c1-27(2,17-33)15-20(32(3)24(34)13-12-19-10-7-11-21(29)25(19)28)16-36-26(35)30-23-14-22(31-37-23)18-8-5-4-6-9-18/h4-11,14,20,33H,12-13,15-17H2,1-3H3,(H,30,35)/t20-/m0/s1. The average molecular weight is 532 g/mol. The van der Waals surface area contributed by atoms with Crippen molar-refractivity contribution >= 4 is 29.5 Å². The maximum absolute atomic E-state index is 13.7. The molecule has 0 aliphatic rings. The molecule has 0 aliphatic carbocycles. The van der Waals surface area contributed by atoms with Crippen LogP contribution in [0.5, 0.6) is 0 Å². The number of hydrogen-bond acceptors (Lipinski definition) is 6. The molecule has 0 radical (unpaired) electrons. The molecule has 1 heterocycles. The first kappa shape index (κ1) is 28.1. The predicted octanol–water partition coefficient (Wildman–Crippen LogP) is 5.55. The van der Waals surface area contributed by atoms with E-state index in [0.717, 1.165) is 5.56 Å². The molecule has 37 heavy (non-hydrogen) atoms. The highest BCUT2D eigenvalue weighted by atomic mass is 35.5. The lowest BCUT2D eigenvalue weighted by atomic mass is 9.86. The van der Waals surface area contributed by atoms with Gasteiger partial charge in [-0.05, 0) is 29.9 Å². The number of ether oxygens (including phenoxy) is 1. The zero-order valence-electron chi connectivity index (χ0n) is 21.0. The van der Waals surface area contributed by atoms with Gasteiger partial charge in [-0.25, -0.2) is 9.18 Å². The first-order chi connectivity index (χ1) is 17.6. The number of aromatic nitrogens is 1. The smallest absolute Gasteiger partial charge is 0.414 e. The summed E-state index contributed by atoms with van der Waals surface area (Å²) < 4.78 is 24.3. The summed E-state index contributed by atoms with van der Waals surface area (Å²) in [6.45, 7) is 3.48. The van der Waals surface area contributed by atoms with E-state index in [1.165, 1.54) is 11.0 Å². The number of aliphatic hydroxyl groups is 1. The van der Waals surface area contributed by atoms with Crippen LogP contribution in [0.1, 0.15) is 32.3 Å². The van der Waals surface area contributed by atoms with Crippen molar-refractivity contribution in [2.75, 3.05) is 25.6 Å². The van der Waals surface area contributed by atoms with Crippen molar-refractivity contribution in [3.8, 4) is 11.3 Å². The summed E-state index contributed by atoms with van der Waals surface area (Å²) in [7, 11) is 1.61. The fourth-order valence-corrected chi connectivity index (χ4v) is 3.98. The molecule has 1 aromatic heterocycles. The number of nitrogens with one attached hydrogen (secondary N) is 1. The Hall–Kier alpha value is -3.43. The van der Waals surface area contributed by atoms with Gasteiger partial charge in [0.2, 0.25) is 11.8 Å². The van der Waals surface area contributed by atoms with Crippen LogP contribution >= 0.6 is 11.6 Å². The summed E-state index contributed by atoms with van der Waals surface area (Å²) in [6, 6.07) is 14.9. The van der Waals surface area contributed by atoms with Gasteiger partial charge < -0.3 is 19.3 Å². The summed E-state index contributed by atoms with van der Waals surface area (Å²) in [5, 5.41) is 16.2. The van der Waals surface area contributed by atoms with Gasteiger partial charge >= 0.3 is 6.09 Å². The van der Waals surface area contributed by atoms with E-state index in [1.54, 1.807) is 25.2 Å². The maximum atomic E-state index is 13.7. The van der Waals surface area contributed by atoms with E-state index in [0.29, 0.717) is 17.7 Å². The van der Waals surface area contributed by atoms with E-state index in [-0.39, 0.29) is 42.9 Å². The van der Waals surface area contributed by atoms with Gasteiger partial charge in [0.1, 0.15) is 18.1 Å². The molecular weight excluding hydrogens is 501 g/mol. The molecule has 8 nitrogen and oxygen atoms in total. The average Bonchev–Trinajstić information content (AvgIpc) is 3.35. The largest absolute Gasteiger partial charge is 0.447 e. The Kier molecular flexibility index (Phi) is 9.66. The van der Waals surface area contributed by atoms with Gasteiger partial charge in [-0.3, -0.25) is 10.1 Å². The molecule has 3 rings (SSSR count). The van der Waals surface area contributed by atoms with Crippen LogP contribution in [0.25, 0.3) is 11.3 Å². The predicted molar refractivity (Wildman–Crippen MR) is 139 cm³/mol. The number of carbonyl (C=O) groups is 2. The Bertz CT molecular complexity index is 1200. The number of halogens is 2. The minimum absolute atomic E-state index is 0.00115. The van der Waals surface area contributed by atoms with Crippen LogP contribution in [0, 0.1) is 11.2 Å². The van der Waals surface area contributed by atoms with E-state index < -0.39 is 23.4 Å². The molecule has 198 valence electrons. The first-order valence-electron chi connectivity index (χ1n) is 11.8. The highest BCUT2D eigenvalue weighted by Gasteiger charge is 2.29. The van der Waals surface area contributed by atoms with E-state index in [4.69, 9.17) is 20.9 Å². The summed E-state index contributed by atoms with van der Waals surface area (Å²) in [5.74, 6) is -0.650. The van der Waals surface area contributed by atoms with Crippen LogP contribution in [0.3, 0.4) is 0 Å². The molecule has 3 aromatic rings. The van der Waals surface area contributed by atoms with Gasteiger partial charge in [0.05, 0.1) is 11.1 Å². The number of benzene rings is 2. The second-order valence-corrected chi connectivity index (χ2v) is 9.94. The van der Waals surface area contributed by atoms with E-state index in [1.807, 2.05) is 44.2 Å². The highest BCUT2D eigenvalue weighted by molar-refractivity contribution is 6.31. The normalized spacial score (nSPS) is 12.2. The summed E-state index contributed by atoms with van der Waals surface area (Å²) in [6.07, 6.45) is -0.0514. The SMILES string of the molecule is CN(C(=O)CCc1cccc(F)c1Cl)[C@H](COC(=O)Nc1cc(-c2ccccc2)no1)CC(C)(C)CO. The molecule has 0 bridgehead atoms. The number of rotatable bonds is 11. The van der Waals surface area contributed by atoms with Crippen LogP contribution in [0.2, 0.25) is 5.02 Å². The Labute approximate surface area is 220 Å². The molecule has 0 fully saturated rings. The van der Waals surface area contributed by atoms with E-state index in [2.05, 4.69) is 10.5 Å². The van der Waals surface area contributed by atoms with E-state index >= 15 is 0 Å². The van der Waals surface area contributed by atoms with Crippen LogP contribution < -0.4 is 5.32 Å². The molecule has 0 unspecified atom stereocenters. The zero-order chi connectivity index (χ0) is 27.0. The van der Waals surface area contributed by atoms with Gasteiger partial charge in [-0.1, -0.05) is 73.1 Å². The number of carbonyl (C=O) groups excluding carboxylic acids is 2. The van der Waals surface area contributed by atoms with Gasteiger partial charge in [0.15, 0.2) is 0 Å². The van der Waals surface area contributed by atoms with Crippen molar-refractivity contribution in [2.24, 2.45) is 5.41 Å². The lowest BCUT2D eigenvalue weighted by molar-refractivity contribution is -0.133. The third kappa shape index (κ3) is 8.03. The monoisotopic (exact) mass is 531 g/mol. The minimum atomic E-state index is -0.769. The minimum Gasteiger partial charge on any atom is -0.447 e. The Morgan fingerprint density at radius 1 is 1.22 bits per heavy atom. The number of aliphatic hydroxyl groups excluding tert-OH is 1. The van der Waals surface area contributed by atoms with Gasteiger partial charge in [-0.15, -0.1) is 0 Å². The fourth-order valence-electron chi connectivity index (χ4n) is 3.76. The van der Waals surface area contributed by atoms with Crippen molar-refractivity contribution in [3.05, 3.63) is 71.0 Å². The number of nitrogens with zero attached hydrogens (tertiary/aromatic N) is 2. The van der Waals surface area contributed by atoms with Crippen molar-refractivity contribution < 1.29 is 28.3 Å². The Morgan fingerprint density at radius 2 is 1.95 bits per heavy atom. The van der Waals surface area contributed by atoms with Gasteiger partial charge in [0.25, 0.3) is 0 Å². The van der Waals surface area contributed by atoms with Crippen LogP contribution in [0.4, 0.5) is 15.1 Å². The molecule has 10 heteroatoms. The third-order valence-corrected chi connectivity index (χ3v) is 6.43. The number of hydrogen-bond donors (Lipinski definition) is 2. The molecule has 2 N–H and O–H groups in total. The Balaban J connectivity index is 1.60. The zero-order valence-corrected chi connectivity index (χ0v) is 21.8. The molecule has 0 aliphatic heterocycles. The summed E-state index contributed by atoms with van der Waals surface area (Å²) in [4.78, 5) is 26.9. The Morgan fingerprint density at radius 3 is 2.65 bits per heavy atom. The molecule has 2 amide bonds. The first-order valence-corrected chi connectivity index (χ1v) is 12.2. The number of amides is 2. The van der Waals surface area contributed by atoms with Crippen LogP contribution in [-0.4, -0.2) is 53.5 Å². The summed E-state index contributed by atoms with van der Waals surface area (Å²) >= 11 is 6.01. The molecule has 0 spiro atoms. The maximum Gasteiger partial charge on any atom is 0.414 e. The molecule has 1 atom stereocenters. The van der Waals surface area contributed by atoms with Crippen LogP contribution in [0.15, 0.2) is 59.1 Å². The highest BCUT2D eigenvalue weighted by Crippen LogP contribution is 2.26. The van der Waals surface area contributed by atoms with Crippen molar-refractivity contribution in [3.63, 3.8) is 0 Å². The lowest BCUT2D eigenvalue weighted by Crippen LogP contribution is -2.44. The van der Waals surface area contributed by atoms with Crippen molar-refractivity contribution in [1.29, 1.82) is 0 Å². The second kappa shape index (κ2) is 12.7. The number of anilines is 1. The molecule has 2 aromatic carbocycles. The van der Waals surface area contributed by atoms with Crippen LogP contribution in [-0.2, 0) is 16.0 Å². The van der Waals surface area contributed by atoms with Crippen molar-refractivity contribution in [2.45, 2.75) is 39.2 Å². The lowest BCUT2D eigenvalue weighted by Gasteiger charge is -2.34. The topological polar surface area (TPSA) is 105 Å². The number of aryl methyl sites for hydroxylation is 1.